The molecule has 1 aromatic carbocycles. The van der Waals surface area contributed by atoms with E-state index in [0.717, 1.165) is 0 Å². The molecule has 0 fully saturated rings. The van der Waals surface area contributed by atoms with E-state index in [2.05, 4.69) is 15.5 Å². The van der Waals surface area contributed by atoms with E-state index in [9.17, 15) is 4.79 Å². The molecule has 0 unspecified atom stereocenters. The quantitative estimate of drug-likeness (QED) is 0.784. The first-order valence-corrected chi connectivity index (χ1v) is 7.05. The highest BCUT2D eigenvalue weighted by Crippen LogP contribution is 2.24. The van der Waals surface area contributed by atoms with Crippen molar-refractivity contribution in [2.75, 3.05) is 18.2 Å². The Balaban J connectivity index is 0.00000264. The van der Waals surface area contributed by atoms with Gasteiger partial charge in [-0.2, -0.15) is 4.98 Å². The molecule has 2 rings (SSSR count). The predicted octanol–water partition coefficient (Wildman–Crippen LogP) is 2.78. The number of nitrogen functional groups attached to an aromatic ring is 1. The molecule has 2 aromatic rings. The van der Waals surface area contributed by atoms with Crippen LogP contribution in [0.3, 0.4) is 0 Å². The molecule has 7 nitrogen and oxygen atoms in total. The van der Waals surface area contributed by atoms with Gasteiger partial charge in [-0.25, -0.2) is 0 Å². The highest BCUT2D eigenvalue weighted by atomic mass is 35.5. The Morgan fingerprint density at radius 1 is 1.43 bits per heavy atom. The first-order chi connectivity index (χ1) is 10.5. The highest BCUT2D eigenvalue weighted by molar-refractivity contribution is 5.91. The number of hydrogen-bond donors (Lipinski definition) is 2. The minimum Gasteiger partial charge on any atom is -0.495 e. The van der Waals surface area contributed by atoms with Crippen molar-refractivity contribution in [2.45, 2.75) is 32.6 Å². The fourth-order valence-corrected chi connectivity index (χ4v) is 1.86. The van der Waals surface area contributed by atoms with Crippen molar-refractivity contribution in [3.8, 4) is 5.75 Å². The number of nitrogens with one attached hydrogen (secondary N) is 1. The maximum absolute atomic E-state index is 11.9. The van der Waals surface area contributed by atoms with Crippen molar-refractivity contribution in [1.29, 1.82) is 0 Å². The second-order valence-electron chi connectivity index (χ2n) is 5.21. The van der Waals surface area contributed by atoms with E-state index in [0.29, 0.717) is 35.3 Å². The van der Waals surface area contributed by atoms with Crippen molar-refractivity contribution in [2.24, 2.45) is 0 Å². The lowest BCUT2D eigenvalue weighted by atomic mass is 10.2. The minimum atomic E-state index is -0.145. The van der Waals surface area contributed by atoms with Crippen LogP contribution >= 0.6 is 12.4 Å². The molecule has 23 heavy (non-hydrogen) atoms. The van der Waals surface area contributed by atoms with E-state index < -0.39 is 0 Å². The smallest absolute Gasteiger partial charge is 0.227 e. The Hall–Kier alpha value is -2.28. The van der Waals surface area contributed by atoms with Gasteiger partial charge in [0.05, 0.1) is 12.8 Å². The van der Waals surface area contributed by atoms with E-state index in [1.54, 1.807) is 25.3 Å². The van der Waals surface area contributed by atoms with E-state index in [1.165, 1.54) is 0 Å². The third kappa shape index (κ3) is 5.14. The van der Waals surface area contributed by atoms with E-state index in [4.69, 9.17) is 15.0 Å². The van der Waals surface area contributed by atoms with Crippen LogP contribution in [0.4, 0.5) is 11.4 Å². The number of carbonyl (C=O) groups is 1. The summed E-state index contributed by atoms with van der Waals surface area (Å²) in [6, 6.07) is 5.09. The number of benzene rings is 1. The van der Waals surface area contributed by atoms with Crippen molar-refractivity contribution < 1.29 is 14.1 Å². The third-order valence-corrected chi connectivity index (χ3v) is 3.08. The summed E-state index contributed by atoms with van der Waals surface area (Å²) in [5, 5.41) is 6.63. The monoisotopic (exact) mass is 340 g/mol. The molecule has 1 heterocycles. The average molecular weight is 341 g/mol. The molecule has 1 amide bonds. The molecule has 0 aliphatic heterocycles. The Kier molecular flexibility index (Phi) is 6.84. The van der Waals surface area contributed by atoms with Crippen LogP contribution in [0.5, 0.6) is 5.75 Å². The number of aryl methyl sites for hydroxylation is 1. The predicted molar refractivity (Wildman–Crippen MR) is 90.0 cm³/mol. The molecular weight excluding hydrogens is 320 g/mol. The summed E-state index contributed by atoms with van der Waals surface area (Å²) in [7, 11) is 1.54. The molecular formula is C15H21ClN4O3. The fourth-order valence-electron chi connectivity index (χ4n) is 1.86. The van der Waals surface area contributed by atoms with Gasteiger partial charge >= 0.3 is 0 Å². The van der Waals surface area contributed by atoms with Crippen LogP contribution in [0.2, 0.25) is 0 Å². The maximum atomic E-state index is 11.9. The van der Waals surface area contributed by atoms with Crippen LogP contribution in [0.15, 0.2) is 22.7 Å². The van der Waals surface area contributed by atoms with Crippen molar-refractivity contribution >= 4 is 29.7 Å². The zero-order chi connectivity index (χ0) is 16.1. The van der Waals surface area contributed by atoms with E-state index in [1.807, 2.05) is 13.8 Å². The number of halogens is 1. The second-order valence-corrected chi connectivity index (χ2v) is 5.21. The number of nitrogens with two attached hydrogens (primary N) is 1. The van der Waals surface area contributed by atoms with Gasteiger partial charge < -0.3 is 20.3 Å². The Bertz CT molecular complexity index is 658. The van der Waals surface area contributed by atoms with Crippen LogP contribution in [0.25, 0.3) is 0 Å². The van der Waals surface area contributed by atoms with Crippen LogP contribution in [0.1, 0.15) is 37.9 Å². The van der Waals surface area contributed by atoms with Gasteiger partial charge in [0.1, 0.15) is 5.75 Å². The minimum absolute atomic E-state index is 0. The molecule has 8 heteroatoms. The third-order valence-electron chi connectivity index (χ3n) is 3.08. The lowest BCUT2D eigenvalue weighted by molar-refractivity contribution is -0.116. The number of anilines is 2. The molecule has 3 N–H and O–H groups in total. The van der Waals surface area contributed by atoms with Gasteiger partial charge in [-0.15, -0.1) is 12.4 Å². The molecule has 0 atom stereocenters. The normalized spacial score (nSPS) is 10.3. The van der Waals surface area contributed by atoms with Crippen molar-refractivity contribution in [3.63, 3.8) is 0 Å². The Morgan fingerprint density at radius 3 is 2.74 bits per heavy atom. The van der Waals surface area contributed by atoms with Crippen LogP contribution in [-0.2, 0) is 11.2 Å². The fraction of sp³-hybridized carbons (Fsp3) is 0.400. The summed E-state index contributed by atoms with van der Waals surface area (Å²) in [4.78, 5) is 16.2. The standard InChI is InChI=1S/C15H20N4O3.ClH/c1-9(2)15-18-14(22-19-15)7-6-13(20)17-10-4-5-12(21-3)11(16)8-10;/h4-5,8-9H,6-7,16H2,1-3H3,(H,17,20);1H. The van der Waals surface area contributed by atoms with Gasteiger partial charge in [-0.1, -0.05) is 19.0 Å². The zero-order valence-electron chi connectivity index (χ0n) is 13.3. The molecule has 0 aliphatic carbocycles. The first kappa shape index (κ1) is 18.8. The lowest BCUT2D eigenvalue weighted by Crippen LogP contribution is -2.12. The number of nitrogens with zero attached hydrogens (tertiary/aromatic N) is 2. The summed E-state index contributed by atoms with van der Waals surface area (Å²) in [5.41, 5.74) is 6.89. The van der Waals surface area contributed by atoms with Crippen molar-refractivity contribution in [1.82, 2.24) is 10.1 Å². The molecule has 1 aromatic heterocycles. The van der Waals surface area contributed by atoms with Crippen LogP contribution in [-0.4, -0.2) is 23.2 Å². The number of rotatable bonds is 6. The largest absolute Gasteiger partial charge is 0.495 e. The van der Waals surface area contributed by atoms with Crippen LogP contribution in [0, 0.1) is 0 Å². The molecule has 0 saturated heterocycles. The summed E-state index contributed by atoms with van der Waals surface area (Å²) in [6.07, 6.45) is 0.656. The molecule has 0 aliphatic rings. The van der Waals surface area contributed by atoms with Crippen molar-refractivity contribution in [3.05, 3.63) is 29.9 Å². The van der Waals surface area contributed by atoms with Gasteiger partial charge in [0.25, 0.3) is 0 Å². The summed E-state index contributed by atoms with van der Waals surface area (Å²) in [5.74, 6) is 1.75. The highest BCUT2D eigenvalue weighted by Gasteiger charge is 2.12. The molecule has 0 radical (unpaired) electrons. The SMILES string of the molecule is COc1ccc(NC(=O)CCc2nc(C(C)C)no2)cc1N.Cl. The van der Waals surface area contributed by atoms with Gasteiger partial charge in [0, 0.05) is 24.4 Å². The maximum Gasteiger partial charge on any atom is 0.227 e. The van der Waals surface area contributed by atoms with Crippen LogP contribution < -0.4 is 15.8 Å². The molecule has 0 saturated carbocycles. The van der Waals surface area contributed by atoms with Gasteiger partial charge in [-0.3, -0.25) is 4.79 Å². The first-order valence-electron chi connectivity index (χ1n) is 7.05. The average Bonchev–Trinajstić information content (AvgIpc) is 2.94. The zero-order valence-corrected chi connectivity index (χ0v) is 14.1. The molecule has 0 spiro atoms. The second kappa shape index (κ2) is 8.38. The number of hydrogen-bond acceptors (Lipinski definition) is 6. The van der Waals surface area contributed by atoms with Gasteiger partial charge in [-0.05, 0) is 18.2 Å². The summed E-state index contributed by atoms with van der Waals surface area (Å²) in [6.45, 7) is 3.96. The molecule has 126 valence electrons. The summed E-state index contributed by atoms with van der Waals surface area (Å²) < 4.78 is 10.2. The van der Waals surface area contributed by atoms with Gasteiger partial charge in [0.15, 0.2) is 5.82 Å². The molecule has 0 bridgehead atoms. The van der Waals surface area contributed by atoms with E-state index in [-0.39, 0.29) is 30.7 Å². The Morgan fingerprint density at radius 2 is 2.17 bits per heavy atom. The topological polar surface area (TPSA) is 103 Å². The number of carbonyl (C=O) groups excluding carboxylic acids is 1. The number of amides is 1. The van der Waals surface area contributed by atoms with E-state index >= 15 is 0 Å². The Labute approximate surface area is 141 Å². The number of ether oxygens (including phenoxy) is 1. The number of aromatic nitrogens is 2. The summed E-state index contributed by atoms with van der Waals surface area (Å²) >= 11 is 0. The van der Waals surface area contributed by atoms with Gasteiger partial charge in [0.2, 0.25) is 11.8 Å². The number of methoxy groups -OCH3 is 1. The lowest BCUT2D eigenvalue weighted by Gasteiger charge is -2.08.